The number of aromatic amines is 1. The van der Waals surface area contributed by atoms with E-state index in [1.165, 1.54) is 17.7 Å². The minimum absolute atomic E-state index is 0.0556. The van der Waals surface area contributed by atoms with Gasteiger partial charge < -0.3 is 10.0 Å². The maximum absolute atomic E-state index is 14.1. The van der Waals surface area contributed by atoms with Crippen molar-refractivity contribution in [3.8, 4) is 0 Å². The number of aromatic nitrogens is 4. The van der Waals surface area contributed by atoms with E-state index in [2.05, 4.69) is 40.9 Å². The van der Waals surface area contributed by atoms with E-state index in [0.29, 0.717) is 22.8 Å². The van der Waals surface area contributed by atoms with Crippen molar-refractivity contribution in [3.63, 3.8) is 0 Å². The number of benzene rings is 1. The Bertz CT molecular complexity index is 1140. The third kappa shape index (κ3) is 4.24. The Hall–Kier alpha value is -3.07. The zero-order chi connectivity index (χ0) is 24.7. The van der Waals surface area contributed by atoms with Gasteiger partial charge in [0, 0.05) is 23.1 Å². The normalized spacial score (nSPS) is 22.9. The van der Waals surface area contributed by atoms with E-state index in [1.807, 2.05) is 31.4 Å². The zero-order valence-corrected chi connectivity index (χ0v) is 21.0. The number of carbonyl (C=O) groups excluding carboxylic acids is 1. The van der Waals surface area contributed by atoms with Crippen LogP contribution < -0.4 is 0 Å². The van der Waals surface area contributed by atoms with Crippen LogP contribution in [0.5, 0.6) is 0 Å². The summed E-state index contributed by atoms with van der Waals surface area (Å²) in [6.07, 6.45) is 3.64. The number of hydrogen-bond donors (Lipinski definition) is 2. The van der Waals surface area contributed by atoms with E-state index in [9.17, 15) is 14.7 Å². The number of carbonyl (C=O) groups is 2. The molecule has 1 aliphatic heterocycles. The molecule has 1 amide bonds. The molecule has 8 nitrogen and oxygen atoms in total. The van der Waals surface area contributed by atoms with Crippen LogP contribution in [0.25, 0.3) is 0 Å². The molecule has 2 N–H and O–H groups in total. The summed E-state index contributed by atoms with van der Waals surface area (Å²) in [5.74, 6) is -1.08. The van der Waals surface area contributed by atoms with Gasteiger partial charge in [0.25, 0.3) is 5.91 Å². The molecule has 1 fully saturated rings. The van der Waals surface area contributed by atoms with Crippen molar-refractivity contribution < 1.29 is 14.7 Å². The molecule has 3 heterocycles. The molecule has 0 radical (unpaired) electrons. The predicted molar refractivity (Wildman–Crippen MR) is 130 cm³/mol. The fraction of sp³-hybridized carbons (Fsp3) is 0.480. The molecule has 0 aliphatic carbocycles. The summed E-state index contributed by atoms with van der Waals surface area (Å²) in [6.45, 7) is 10.3. The SMILES string of the molecule is CC(C)C[C@@]1(C(=O)O)C[C@@H](c2ncn[nH]2)[C@H](c2nccs2)N1C(=O)c1ccc(C(C)(C)C)cc1. The summed E-state index contributed by atoms with van der Waals surface area (Å²) in [5.41, 5.74) is 0.107. The summed E-state index contributed by atoms with van der Waals surface area (Å²) in [5, 5.41) is 20.0. The first kappa shape index (κ1) is 24.1. The molecule has 3 atom stereocenters. The lowest BCUT2D eigenvalue weighted by Crippen LogP contribution is -2.54. The van der Waals surface area contributed by atoms with Crippen LogP contribution in [0.3, 0.4) is 0 Å². The van der Waals surface area contributed by atoms with Crippen molar-refractivity contribution in [1.82, 2.24) is 25.1 Å². The molecule has 180 valence electrons. The second-order valence-corrected chi connectivity index (χ2v) is 11.4. The molecular weight excluding hydrogens is 450 g/mol. The molecule has 0 saturated carbocycles. The Balaban J connectivity index is 1.88. The van der Waals surface area contributed by atoms with Crippen molar-refractivity contribution in [2.45, 2.75) is 70.4 Å². The minimum Gasteiger partial charge on any atom is -0.479 e. The Morgan fingerprint density at radius 2 is 1.94 bits per heavy atom. The molecule has 34 heavy (non-hydrogen) atoms. The Morgan fingerprint density at radius 1 is 1.24 bits per heavy atom. The molecule has 1 aromatic carbocycles. The number of carboxylic acid groups (broad SMARTS) is 1. The first-order valence-electron chi connectivity index (χ1n) is 11.5. The molecule has 4 rings (SSSR count). The van der Waals surface area contributed by atoms with E-state index in [0.717, 1.165) is 5.56 Å². The lowest BCUT2D eigenvalue weighted by Gasteiger charge is -2.38. The van der Waals surface area contributed by atoms with Crippen molar-refractivity contribution in [2.75, 3.05) is 0 Å². The highest BCUT2D eigenvalue weighted by atomic mass is 32.1. The second-order valence-electron chi connectivity index (χ2n) is 10.4. The number of thiazole rings is 1. The number of nitrogens with zero attached hydrogens (tertiary/aromatic N) is 4. The van der Waals surface area contributed by atoms with Crippen LogP contribution >= 0.6 is 11.3 Å². The standard InChI is InChI=1S/C25H31N5O3S/c1-15(2)12-25(23(32)33)13-18(20-27-14-28-29-20)19(21-26-10-11-34-21)30(25)22(31)16-6-8-17(9-7-16)24(3,4)5/h6-11,14-15,18-19H,12-13H2,1-5H3,(H,32,33)(H,27,28,29)/t18-,19-,25+/m1/s1. The van der Waals surface area contributed by atoms with Crippen molar-refractivity contribution >= 4 is 23.2 Å². The smallest absolute Gasteiger partial charge is 0.329 e. The number of carboxylic acids is 1. The third-order valence-electron chi connectivity index (χ3n) is 6.53. The van der Waals surface area contributed by atoms with Crippen LogP contribution in [0.2, 0.25) is 0 Å². The molecule has 3 aromatic rings. The first-order chi connectivity index (χ1) is 16.0. The van der Waals surface area contributed by atoms with Gasteiger partial charge in [-0.05, 0) is 41.9 Å². The van der Waals surface area contributed by atoms with Crippen LogP contribution in [0, 0.1) is 5.92 Å². The van der Waals surface area contributed by atoms with Crippen LogP contribution in [0.1, 0.15) is 86.2 Å². The predicted octanol–water partition coefficient (Wildman–Crippen LogP) is 4.80. The number of H-pyrrole nitrogens is 1. The summed E-state index contributed by atoms with van der Waals surface area (Å²) in [6, 6.07) is 6.91. The lowest BCUT2D eigenvalue weighted by atomic mass is 9.83. The summed E-state index contributed by atoms with van der Waals surface area (Å²) in [4.78, 5) is 37.5. The van der Waals surface area contributed by atoms with Gasteiger partial charge in [-0.2, -0.15) is 5.10 Å². The summed E-state index contributed by atoms with van der Waals surface area (Å²) < 4.78 is 0. The average molecular weight is 482 g/mol. The van der Waals surface area contributed by atoms with Gasteiger partial charge in [-0.25, -0.2) is 14.8 Å². The van der Waals surface area contributed by atoms with E-state index >= 15 is 0 Å². The second kappa shape index (κ2) is 8.94. The van der Waals surface area contributed by atoms with E-state index < -0.39 is 17.6 Å². The maximum atomic E-state index is 14.1. The number of aliphatic carboxylic acids is 1. The van der Waals surface area contributed by atoms with Gasteiger partial charge in [-0.3, -0.25) is 9.89 Å². The monoisotopic (exact) mass is 481 g/mol. The molecular formula is C25H31N5O3S. The summed E-state index contributed by atoms with van der Waals surface area (Å²) in [7, 11) is 0. The Kier molecular flexibility index (Phi) is 6.33. The van der Waals surface area contributed by atoms with E-state index in [-0.39, 0.29) is 29.6 Å². The Labute approximate surface area is 203 Å². The van der Waals surface area contributed by atoms with Gasteiger partial charge in [0.1, 0.15) is 22.7 Å². The van der Waals surface area contributed by atoms with Crippen LogP contribution in [-0.2, 0) is 10.2 Å². The summed E-state index contributed by atoms with van der Waals surface area (Å²) >= 11 is 1.41. The number of amides is 1. The van der Waals surface area contributed by atoms with Gasteiger partial charge in [-0.1, -0.05) is 46.8 Å². The highest BCUT2D eigenvalue weighted by Gasteiger charge is 2.60. The third-order valence-corrected chi connectivity index (χ3v) is 7.37. The zero-order valence-electron chi connectivity index (χ0n) is 20.1. The number of hydrogen-bond acceptors (Lipinski definition) is 6. The molecule has 1 aliphatic rings. The fourth-order valence-electron chi connectivity index (χ4n) is 5.03. The van der Waals surface area contributed by atoms with Crippen molar-refractivity contribution in [3.05, 3.63) is 64.1 Å². The number of likely N-dealkylation sites (tertiary alicyclic amines) is 1. The van der Waals surface area contributed by atoms with Gasteiger partial charge >= 0.3 is 5.97 Å². The van der Waals surface area contributed by atoms with E-state index in [1.54, 1.807) is 23.2 Å². The van der Waals surface area contributed by atoms with E-state index in [4.69, 9.17) is 0 Å². The molecule has 0 spiro atoms. The van der Waals surface area contributed by atoms with Crippen LogP contribution in [-0.4, -0.2) is 47.6 Å². The van der Waals surface area contributed by atoms with Gasteiger partial charge in [0.2, 0.25) is 0 Å². The lowest BCUT2D eigenvalue weighted by molar-refractivity contribution is -0.150. The van der Waals surface area contributed by atoms with Crippen LogP contribution in [0.4, 0.5) is 0 Å². The average Bonchev–Trinajstić information content (AvgIpc) is 3.52. The highest BCUT2D eigenvalue weighted by Crippen LogP contribution is 2.54. The van der Waals surface area contributed by atoms with Gasteiger partial charge in [0.05, 0.1) is 6.04 Å². The van der Waals surface area contributed by atoms with Gasteiger partial charge in [0.15, 0.2) is 0 Å². The van der Waals surface area contributed by atoms with Crippen molar-refractivity contribution in [1.29, 1.82) is 0 Å². The molecule has 1 saturated heterocycles. The number of nitrogens with one attached hydrogen (secondary N) is 1. The first-order valence-corrected chi connectivity index (χ1v) is 12.3. The largest absolute Gasteiger partial charge is 0.479 e. The highest BCUT2D eigenvalue weighted by molar-refractivity contribution is 7.09. The van der Waals surface area contributed by atoms with Crippen molar-refractivity contribution in [2.24, 2.45) is 5.92 Å². The molecule has 0 bridgehead atoms. The number of rotatable bonds is 6. The minimum atomic E-state index is -1.40. The molecule has 9 heteroatoms. The fourth-order valence-corrected chi connectivity index (χ4v) is 5.82. The quantitative estimate of drug-likeness (QED) is 0.523. The van der Waals surface area contributed by atoms with Gasteiger partial charge in [-0.15, -0.1) is 11.3 Å². The molecule has 2 aromatic heterocycles. The maximum Gasteiger partial charge on any atom is 0.329 e. The molecule has 0 unspecified atom stereocenters. The Morgan fingerprint density at radius 3 is 2.44 bits per heavy atom. The van der Waals surface area contributed by atoms with Crippen LogP contribution in [0.15, 0.2) is 42.2 Å². The topological polar surface area (TPSA) is 112 Å².